The first-order chi connectivity index (χ1) is 12.8. The lowest BCUT2D eigenvalue weighted by molar-refractivity contribution is 0.720. The summed E-state index contributed by atoms with van der Waals surface area (Å²) in [6, 6.07) is 21.2. The van der Waals surface area contributed by atoms with Gasteiger partial charge in [-0.15, -0.1) is 0 Å². The Labute approximate surface area is 152 Å². The van der Waals surface area contributed by atoms with Crippen LogP contribution in [0.1, 0.15) is 17.0 Å². The molecule has 0 aliphatic carbocycles. The number of anilines is 1. The molecule has 1 aliphatic rings. The van der Waals surface area contributed by atoms with E-state index < -0.39 is 0 Å². The molecule has 0 fully saturated rings. The van der Waals surface area contributed by atoms with Crippen molar-refractivity contribution < 1.29 is 0 Å². The molecule has 26 heavy (non-hydrogen) atoms. The van der Waals surface area contributed by atoms with Gasteiger partial charge < -0.3 is 9.88 Å². The second-order valence-corrected chi connectivity index (χ2v) is 6.84. The van der Waals surface area contributed by atoms with Crippen LogP contribution >= 0.6 is 0 Å². The van der Waals surface area contributed by atoms with Crippen molar-refractivity contribution in [3.8, 4) is 11.3 Å². The molecule has 0 amide bonds. The minimum absolute atomic E-state index is 0.810. The maximum Gasteiger partial charge on any atom is 0.157 e. The van der Waals surface area contributed by atoms with E-state index in [9.17, 15) is 0 Å². The zero-order valence-electron chi connectivity index (χ0n) is 14.7. The number of rotatable bonds is 2. The number of H-pyrrole nitrogens is 1. The maximum atomic E-state index is 4.79. The average Bonchev–Trinajstić information content (AvgIpc) is 3.11. The number of nitrogens with zero attached hydrogens (tertiary/aromatic N) is 3. The van der Waals surface area contributed by atoms with Crippen molar-refractivity contribution in [2.45, 2.75) is 19.9 Å². The van der Waals surface area contributed by atoms with Crippen molar-refractivity contribution in [3.63, 3.8) is 0 Å². The Hall–Kier alpha value is -3.14. The SMILES string of the molecule is Cc1nc(N2CCc3ccccc3C2)c2[nH]c(-c3ccccc3)cc2n1. The summed E-state index contributed by atoms with van der Waals surface area (Å²) in [5, 5.41) is 0. The lowest BCUT2D eigenvalue weighted by Crippen LogP contribution is -2.31. The van der Waals surface area contributed by atoms with Crippen LogP contribution in [0, 0.1) is 6.92 Å². The van der Waals surface area contributed by atoms with E-state index in [0.717, 1.165) is 53.4 Å². The molecule has 5 rings (SSSR count). The number of hydrogen-bond acceptors (Lipinski definition) is 3. The van der Waals surface area contributed by atoms with Crippen LogP contribution in [-0.4, -0.2) is 21.5 Å². The fourth-order valence-electron chi connectivity index (χ4n) is 3.79. The monoisotopic (exact) mass is 340 g/mol. The maximum absolute atomic E-state index is 4.79. The third-order valence-electron chi connectivity index (χ3n) is 5.09. The molecular formula is C22H20N4. The Morgan fingerprint density at radius 3 is 2.54 bits per heavy atom. The number of nitrogens with one attached hydrogen (secondary N) is 1. The third-order valence-corrected chi connectivity index (χ3v) is 5.09. The van der Waals surface area contributed by atoms with Crippen LogP contribution in [0.3, 0.4) is 0 Å². The van der Waals surface area contributed by atoms with Gasteiger partial charge in [-0.2, -0.15) is 0 Å². The van der Waals surface area contributed by atoms with Crippen LogP contribution in [0.25, 0.3) is 22.3 Å². The minimum atomic E-state index is 0.810. The van der Waals surface area contributed by atoms with Gasteiger partial charge in [-0.3, -0.25) is 0 Å². The molecule has 4 aromatic rings. The Balaban J connectivity index is 1.61. The minimum Gasteiger partial charge on any atom is -0.350 e. The summed E-state index contributed by atoms with van der Waals surface area (Å²) < 4.78 is 0. The van der Waals surface area contributed by atoms with Crippen molar-refractivity contribution in [1.29, 1.82) is 0 Å². The van der Waals surface area contributed by atoms with E-state index in [-0.39, 0.29) is 0 Å². The molecule has 4 nitrogen and oxygen atoms in total. The van der Waals surface area contributed by atoms with Gasteiger partial charge in [-0.25, -0.2) is 9.97 Å². The predicted octanol–water partition coefficient (Wildman–Crippen LogP) is 4.50. The number of aromatic nitrogens is 3. The smallest absolute Gasteiger partial charge is 0.157 e. The van der Waals surface area contributed by atoms with Crippen molar-refractivity contribution in [3.05, 3.63) is 77.6 Å². The fourth-order valence-corrected chi connectivity index (χ4v) is 3.79. The van der Waals surface area contributed by atoms with Gasteiger partial charge in [0.15, 0.2) is 5.82 Å². The van der Waals surface area contributed by atoms with Gasteiger partial charge in [0, 0.05) is 18.8 Å². The van der Waals surface area contributed by atoms with Gasteiger partial charge in [0.05, 0.1) is 5.52 Å². The van der Waals surface area contributed by atoms with Gasteiger partial charge in [-0.05, 0) is 36.1 Å². The molecule has 0 saturated carbocycles. The summed E-state index contributed by atoms with van der Waals surface area (Å²) in [4.78, 5) is 15.4. The van der Waals surface area contributed by atoms with Gasteiger partial charge in [0.1, 0.15) is 11.3 Å². The number of hydrogen-bond donors (Lipinski definition) is 1. The predicted molar refractivity (Wildman–Crippen MR) is 105 cm³/mol. The molecule has 0 radical (unpaired) electrons. The van der Waals surface area contributed by atoms with E-state index in [0.29, 0.717) is 0 Å². The highest BCUT2D eigenvalue weighted by atomic mass is 15.2. The topological polar surface area (TPSA) is 44.8 Å². The number of benzene rings is 2. The number of fused-ring (bicyclic) bond motifs is 2. The molecule has 1 N–H and O–H groups in total. The highest BCUT2D eigenvalue weighted by Crippen LogP contribution is 2.31. The van der Waals surface area contributed by atoms with Crippen molar-refractivity contribution in [2.24, 2.45) is 0 Å². The van der Waals surface area contributed by atoms with Gasteiger partial charge >= 0.3 is 0 Å². The summed E-state index contributed by atoms with van der Waals surface area (Å²) in [7, 11) is 0. The van der Waals surface area contributed by atoms with E-state index in [1.807, 2.05) is 13.0 Å². The number of aromatic amines is 1. The Bertz CT molecular complexity index is 1080. The average molecular weight is 340 g/mol. The first-order valence-electron chi connectivity index (χ1n) is 9.02. The van der Waals surface area contributed by atoms with Crippen LogP contribution < -0.4 is 4.90 Å². The zero-order valence-corrected chi connectivity index (χ0v) is 14.7. The summed E-state index contributed by atoms with van der Waals surface area (Å²) in [5.41, 5.74) is 7.08. The highest BCUT2D eigenvalue weighted by Gasteiger charge is 2.21. The molecule has 0 unspecified atom stereocenters. The van der Waals surface area contributed by atoms with Crippen molar-refractivity contribution in [1.82, 2.24) is 15.0 Å². The van der Waals surface area contributed by atoms with Crippen molar-refractivity contribution in [2.75, 3.05) is 11.4 Å². The lowest BCUT2D eigenvalue weighted by Gasteiger charge is -2.30. The molecule has 0 spiro atoms. The summed E-state index contributed by atoms with van der Waals surface area (Å²) in [6.07, 6.45) is 1.05. The molecule has 0 saturated heterocycles. The van der Waals surface area contributed by atoms with E-state index in [4.69, 9.17) is 4.98 Å². The van der Waals surface area contributed by atoms with Crippen LogP contribution in [-0.2, 0) is 13.0 Å². The van der Waals surface area contributed by atoms with Gasteiger partial charge in [0.2, 0.25) is 0 Å². The normalized spacial score (nSPS) is 13.8. The first-order valence-corrected chi connectivity index (χ1v) is 9.02. The second kappa shape index (κ2) is 5.99. The molecule has 2 aromatic carbocycles. The molecule has 0 bridgehead atoms. The molecule has 2 aromatic heterocycles. The van der Waals surface area contributed by atoms with Crippen molar-refractivity contribution >= 4 is 16.9 Å². The molecule has 0 atom stereocenters. The standard InChI is InChI=1S/C22H20N4/c1-15-23-20-13-19(17-8-3-2-4-9-17)25-21(20)22(24-15)26-12-11-16-7-5-6-10-18(16)14-26/h2-10,13,25H,11-12,14H2,1H3. The lowest BCUT2D eigenvalue weighted by atomic mass is 10.00. The number of aryl methyl sites for hydroxylation is 1. The molecule has 4 heteroatoms. The molecule has 128 valence electrons. The Morgan fingerprint density at radius 2 is 1.69 bits per heavy atom. The van der Waals surface area contributed by atoms with E-state index in [1.54, 1.807) is 0 Å². The second-order valence-electron chi connectivity index (χ2n) is 6.84. The zero-order chi connectivity index (χ0) is 17.5. The van der Waals surface area contributed by atoms with Crippen LogP contribution in [0.15, 0.2) is 60.7 Å². The molecule has 1 aliphatic heterocycles. The summed E-state index contributed by atoms with van der Waals surface area (Å²) in [6.45, 7) is 3.83. The summed E-state index contributed by atoms with van der Waals surface area (Å²) in [5.74, 6) is 1.81. The van der Waals surface area contributed by atoms with E-state index in [2.05, 4.69) is 69.5 Å². The van der Waals surface area contributed by atoms with Crippen LogP contribution in [0.2, 0.25) is 0 Å². The first kappa shape index (κ1) is 15.1. The summed E-state index contributed by atoms with van der Waals surface area (Å²) >= 11 is 0. The van der Waals surface area contributed by atoms with Crippen LogP contribution in [0.4, 0.5) is 5.82 Å². The Kier molecular flexibility index (Phi) is 3.49. The third kappa shape index (κ3) is 2.54. The molecular weight excluding hydrogens is 320 g/mol. The highest BCUT2D eigenvalue weighted by molar-refractivity contribution is 5.91. The van der Waals surface area contributed by atoms with E-state index in [1.165, 1.54) is 11.1 Å². The van der Waals surface area contributed by atoms with Gasteiger partial charge in [-0.1, -0.05) is 54.6 Å². The van der Waals surface area contributed by atoms with E-state index >= 15 is 0 Å². The fraction of sp³-hybridized carbons (Fsp3) is 0.182. The molecule has 3 heterocycles. The largest absolute Gasteiger partial charge is 0.350 e. The Morgan fingerprint density at radius 1 is 0.923 bits per heavy atom. The van der Waals surface area contributed by atoms with Crippen LogP contribution in [0.5, 0.6) is 0 Å². The quantitative estimate of drug-likeness (QED) is 0.584. The van der Waals surface area contributed by atoms with Gasteiger partial charge in [0.25, 0.3) is 0 Å².